The van der Waals surface area contributed by atoms with Crippen LogP contribution in [0.2, 0.25) is 0 Å². The first-order valence-electron chi connectivity index (χ1n) is 6.46. The topological polar surface area (TPSA) is 49.8 Å². The van der Waals surface area contributed by atoms with Gasteiger partial charge in [-0.2, -0.15) is 0 Å². The van der Waals surface area contributed by atoms with Crippen molar-refractivity contribution in [2.24, 2.45) is 0 Å². The van der Waals surface area contributed by atoms with Crippen molar-refractivity contribution in [2.75, 3.05) is 19.8 Å². The first kappa shape index (κ1) is 13.8. The van der Waals surface area contributed by atoms with Gasteiger partial charge >= 0.3 is 0 Å². The Kier molecular flexibility index (Phi) is 4.71. The normalized spacial score (nSPS) is 20.9. The van der Waals surface area contributed by atoms with Crippen LogP contribution in [0.3, 0.4) is 0 Å². The van der Waals surface area contributed by atoms with Gasteiger partial charge in [-0.05, 0) is 11.6 Å². The number of hydrogen-bond donors (Lipinski definition) is 1. The van der Waals surface area contributed by atoms with Crippen LogP contribution in [0.1, 0.15) is 18.1 Å². The number of amides is 1. The molecule has 1 fully saturated rings. The lowest BCUT2D eigenvalue weighted by atomic mass is 10.0. The summed E-state index contributed by atoms with van der Waals surface area (Å²) in [5, 5.41) is 10.2. The van der Waals surface area contributed by atoms with Gasteiger partial charge in [0.15, 0.2) is 0 Å². The molecule has 1 amide bonds. The third kappa shape index (κ3) is 3.43. The first-order chi connectivity index (χ1) is 9.22. The van der Waals surface area contributed by atoms with Crippen molar-refractivity contribution in [1.82, 2.24) is 4.90 Å². The molecule has 0 bridgehead atoms. The van der Waals surface area contributed by atoms with Crippen molar-refractivity contribution in [3.8, 4) is 0 Å². The zero-order valence-electron chi connectivity index (χ0n) is 10.9. The Hall–Kier alpha value is -1.65. The van der Waals surface area contributed by atoms with Crippen LogP contribution in [-0.4, -0.2) is 41.7 Å². The van der Waals surface area contributed by atoms with Crippen LogP contribution in [0.5, 0.6) is 0 Å². The van der Waals surface area contributed by atoms with E-state index in [4.69, 9.17) is 4.74 Å². The quantitative estimate of drug-likeness (QED) is 0.836. The number of ether oxygens (including phenoxy) is 1. The molecule has 0 aliphatic carbocycles. The van der Waals surface area contributed by atoms with E-state index < -0.39 is 6.10 Å². The highest BCUT2D eigenvalue weighted by Crippen LogP contribution is 2.22. The number of benzene rings is 1. The van der Waals surface area contributed by atoms with E-state index in [0.29, 0.717) is 26.2 Å². The number of aliphatic hydroxyl groups is 1. The SMILES string of the molecule is C=CC(=O)N1CCOCC1CC(O)c1ccccc1. The zero-order valence-corrected chi connectivity index (χ0v) is 10.9. The summed E-state index contributed by atoms with van der Waals surface area (Å²) in [5.41, 5.74) is 0.860. The fraction of sp³-hybridized carbons (Fsp3) is 0.400. The molecule has 102 valence electrons. The molecule has 2 rings (SSSR count). The molecule has 2 unspecified atom stereocenters. The minimum absolute atomic E-state index is 0.102. The molecule has 1 aromatic rings. The summed E-state index contributed by atoms with van der Waals surface area (Å²) in [6, 6.07) is 9.36. The molecule has 4 heteroatoms. The maximum atomic E-state index is 11.8. The van der Waals surface area contributed by atoms with Crippen molar-refractivity contribution in [3.63, 3.8) is 0 Å². The van der Waals surface area contributed by atoms with Crippen molar-refractivity contribution in [3.05, 3.63) is 48.6 Å². The zero-order chi connectivity index (χ0) is 13.7. The van der Waals surface area contributed by atoms with E-state index in [9.17, 15) is 9.90 Å². The molecule has 0 saturated carbocycles. The molecule has 1 saturated heterocycles. The highest BCUT2D eigenvalue weighted by Gasteiger charge is 2.28. The Labute approximate surface area is 113 Å². The predicted octanol–water partition coefficient (Wildman–Crippen LogP) is 1.52. The van der Waals surface area contributed by atoms with Gasteiger partial charge in [-0.3, -0.25) is 4.79 Å². The van der Waals surface area contributed by atoms with E-state index in [2.05, 4.69) is 6.58 Å². The lowest BCUT2D eigenvalue weighted by Crippen LogP contribution is -2.48. The highest BCUT2D eigenvalue weighted by atomic mass is 16.5. The number of nitrogens with zero attached hydrogens (tertiary/aromatic N) is 1. The molecule has 1 heterocycles. The van der Waals surface area contributed by atoms with Gasteiger partial charge in [-0.15, -0.1) is 0 Å². The lowest BCUT2D eigenvalue weighted by molar-refractivity contribution is -0.135. The average Bonchev–Trinajstić information content (AvgIpc) is 2.48. The van der Waals surface area contributed by atoms with E-state index in [-0.39, 0.29) is 11.9 Å². The summed E-state index contributed by atoms with van der Waals surface area (Å²) in [6.45, 7) is 5.07. The molecule has 4 nitrogen and oxygen atoms in total. The molecule has 0 spiro atoms. The van der Waals surface area contributed by atoms with Gasteiger partial charge in [-0.1, -0.05) is 36.9 Å². The molecule has 2 atom stereocenters. The van der Waals surface area contributed by atoms with Crippen LogP contribution in [0.15, 0.2) is 43.0 Å². The van der Waals surface area contributed by atoms with Crippen LogP contribution in [-0.2, 0) is 9.53 Å². The third-order valence-corrected chi connectivity index (χ3v) is 3.36. The summed E-state index contributed by atoms with van der Waals surface area (Å²) in [6.07, 6.45) is 1.20. The minimum Gasteiger partial charge on any atom is -0.388 e. The summed E-state index contributed by atoms with van der Waals surface area (Å²) in [5.74, 6) is -0.103. The molecule has 0 aromatic heterocycles. The summed E-state index contributed by atoms with van der Waals surface area (Å²) in [4.78, 5) is 13.5. The number of morpholine rings is 1. The Bertz CT molecular complexity index is 432. The Morgan fingerprint density at radius 3 is 2.95 bits per heavy atom. The Balaban J connectivity index is 2.03. The van der Waals surface area contributed by atoms with Crippen LogP contribution in [0, 0.1) is 0 Å². The van der Waals surface area contributed by atoms with Gasteiger partial charge in [0.2, 0.25) is 5.91 Å². The molecular weight excluding hydrogens is 242 g/mol. The van der Waals surface area contributed by atoms with E-state index >= 15 is 0 Å². The van der Waals surface area contributed by atoms with Crippen molar-refractivity contribution in [2.45, 2.75) is 18.6 Å². The standard InChI is InChI=1S/C15H19NO3/c1-2-15(18)16-8-9-19-11-13(16)10-14(17)12-6-4-3-5-7-12/h2-7,13-14,17H,1,8-11H2. The Morgan fingerprint density at radius 2 is 2.26 bits per heavy atom. The van der Waals surface area contributed by atoms with Crippen LogP contribution >= 0.6 is 0 Å². The fourth-order valence-corrected chi connectivity index (χ4v) is 2.33. The third-order valence-electron chi connectivity index (χ3n) is 3.36. The predicted molar refractivity (Wildman–Crippen MR) is 72.5 cm³/mol. The van der Waals surface area contributed by atoms with Crippen molar-refractivity contribution >= 4 is 5.91 Å². The van der Waals surface area contributed by atoms with E-state index in [0.717, 1.165) is 5.56 Å². The fourth-order valence-electron chi connectivity index (χ4n) is 2.33. The van der Waals surface area contributed by atoms with E-state index in [1.807, 2.05) is 30.3 Å². The van der Waals surface area contributed by atoms with Gasteiger partial charge in [0.05, 0.1) is 25.4 Å². The molecular formula is C15H19NO3. The monoisotopic (exact) mass is 261 g/mol. The van der Waals surface area contributed by atoms with Gasteiger partial charge in [0, 0.05) is 13.0 Å². The second-order valence-corrected chi connectivity index (χ2v) is 4.63. The van der Waals surface area contributed by atoms with Gasteiger partial charge < -0.3 is 14.7 Å². The Morgan fingerprint density at radius 1 is 1.53 bits per heavy atom. The molecule has 1 aliphatic heterocycles. The highest BCUT2D eigenvalue weighted by molar-refractivity contribution is 5.87. The van der Waals surface area contributed by atoms with Crippen LogP contribution in [0.4, 0.5) is 0 Å². The summed E-state index contributed by atoms with van der Waals surface area (Å²) in [7, 11) is 0. The van der Waals surface area contributed by atoms with Gasteiger partial charge in [-0.25, -0.2) is 0 Å². The smallest absolute Gasteiger partial charge is 0.246 e. The maximum absolute atomic E-state index is 11.8. The lowest BCUT2D eigenvalue weighted by Gasteiger charge is -2.36. The molecule has 1 aromatic carbocycles. The van der Waals surface area contributed by atoms with E-state index in [1.54, 1.807) is 4.90 Å². The van der Waals surface area contributed by atoms with E-state index in [1.165, 1.54) is 6.08 Å². The molecule has 1 N–H and O–H groups in total. The minimum atomic E-state index is -0.590. The second kappa shape index (κ2) is 6.50. The number of rotatable bonds is 4. The largest absolute Gasteiger partial charge is 0.388 e. The number of carbonyl (C=O) groups is 1. The number of hydrogen-bond acceptors (Lipinski definition) is 3. The maximum Gasteiger partial charge on any atom is 0.246 e. The van der Waals surface area contributed by atoms with Crippen LogP contribution < -0.4 is 0 Å². The van der Waals surface area contributed by atoms with Crippen molar-refractivity contribution in [1.29, 1.82) is 0 Å². The summed E-state index contributed by atoms with van der Waals surface area (Å²) >= 11 is 0. The van der Waals surface area contributed by atoms with Gasteiger partial charge in [0.1, 0.15) is 0 Å². The molecule has 0 radical (unpaired) electrons. The molecule has 1 aliphatic rings. The second-order valence-electron chi connectivity index (χ2n) is 4.63. The van der Waals surface area contributed by atoms with Crippen LogP contribution in [0.25, 0.3) is 0 Å². The summed E-state index contributed by atoms with van der Waals surface area (Å²) < 4.78 is 5.40. The first-order valence-corrected chi connectivity index (χ1v) is 6.46. The number of aliphatic hydroxyl groups excluding tert-OH is 1. The van der Waals surface area contributed by atoms with Gasteiger partial charge in [0.25, 0.3) is 0 Å². The molecule has 19 heavy (non-hydrogen) atoms. The number of carbonyl (C=O) groups excluding carboxylic acids is 1. The average molecular weight is 261 g/mol. The van der Waals surface area contributed by atoms with Crippen molar-refractivity contribution < 1.29 is 14.6 Å².